The van der Waals surface area contributed by atoms with E-state index in [1.165, 1.54) is 6.42 Å². The van der Waals surface area contributed by atoms with E-state index in [1.54, 1.807) is 12.3 Å². The molecule has 0 aliphatic carbocycles. The van der Waals surface area contributed by atoms with Crippen LogP contribution < -0.4 is 14.9 Å². The Balaban J connectivity index is 1.27. The van der Waals surface area contributed by atoms with Crippen LogP contribution in [-0.2, 0) is 6.61 Å². The molecule has 0 bridgehead atoms. The van der Waals surface area contributed by atoms with Crippen LogP contribution in [0.5, 0.6) is 11.5 Å². The van der Waals surface area contributed by atoms with E-state index in [4.69, 9.17) is 21.1 Å². The fourth-order valence-electron chi connectivity index (χ4n) is 3.50. The zero-order valence-corrected chi connectivity index (χ0v) is 21.4. The van der Waals surface area contributed by atoms with E-state index in [2.05, 4.69) is 27.6 Å². The molecule has 0 saturated carbocycles. The second-order valence-corrected chi connectivity index (χ2v) is 8.80. The summed E-state index contributed by atoms with van der Waals surface area (Å²) in [5.74, 6) is 1.15. The Kier molecular flexibility index (Phi) is 9.32. The second kappa shape index (κ2) is 13.3. The summed E-state index contributed by atoms with van der Waals surface area (Å²) in [4.78, 5) is 12.5. The van der Waals surface area contributed by atoms with Gasteiger partial charge in [0.15, 0.2) is 0 Å². The van der Waals surface area contributed by atoms with Gasteiger partial charge >= 0.3 is 0 Å². The van der Waals surface area contributed by atoms with Crippen LogP contribution in [0.15, 0.2) is 84.0 Å². The summed E-state index contributed by atoms with van der Waals surface area (Å²) in [7, 11) is 0. The second-order valence-electron chi connectivity index (χ2n) is 8.40. The lowest BCUT2D eigenvalue weighted by molar-refractivity contribution is 0.0950. The zero-order valence-electron chi connectivity index (χ0n) is 20.6. The number of hydrazone groups is 1. The largest absolute Gasteiger partial charge is 0.494 e. The predicted octanol–water partition coefficient (Wildman–Crippen LogP) is 6.64. The number of amides is 1. The molecule has 0 atom stereocenters. The fraction of sp³-hybridized carbons (Fsp3) is 0.207. The van der Waals surface area contributed by atoms with Crippen LogP contribution in [0.3, 0.4) is 0 Å². The van der Waals surface area contributed by atoms with Gasteiger partial charge in [0, 0.05) is 16.1 Å². The molecule has 0 saturated heterocycles. The van der Waals surface area contributed by atoms with Gasteiger partial charge in [-0.1, -0.05) is 49.6 Å². The van der Waals surface area contributed by atoms with Crippen molar-refractivity contribution in [3.8, 4) is 22.8 Å². The van der Waals surface area contributed by atoms with Crippen molar-refractivity contribution in [1.29, 1.82) is 0 Å². The number of aromatic amines is 1. The lowest BCUT2D eigenvalue weighted by Crippen LogP contribution is -2.17. The average Bonchev–Trinajstić information content (AvgIpc) is 3.42. The molecule has 7 nitrogen and oxygen atoms in total. The Labute approximate surface area is 221 Å². The van der Waals surface area contributed by atoms with Crippen LogP contribution in [-0.4, -0.2) is 28.9 Å². The molecule has 4 rings (SSSR count). The molecule has 1 aromatic heterocycles. The first-order valence-electron chi connectivity index (χ1n) is 12.2. The smallest absolute Gasteiger partial charge is 0.289 e. The van der Waals surface area contributed by atoms with Gasteiger partial charge in [0.2, 0.25) is 0 Å². The number of hydrogen-bond acceptors (Lipinski definition) is 5. The van der Waals surface area contributed by atoms with E-state index < -0.39 is 0 Å². The van der Waals surface area contributed by atoms with Gasteiger partial charge in [-0.2, -0.15) is 10.2 Å². The number of benzene rings is 3. The number of carbonyl (C=O) groups excluding carboxylic acids is 1. The highest BCUT2D eigenvalue weighted by atomic mass is 35.5. The minimum atomic E-state index is -0.384. The number of nitrogens with one attached hydrogen (secondary N) is 2. The molecular formula is C29H29ClN4O3. The zero-order chi connectivity index (χ0) is 25.9. The van der Waals surface area contributed by atoms with E-state index in [9.17, 15) is 4.79 Å². The van der Waals surface area contributed by atoms with Gasteiger partial charge in [0.05, 0.1) is 18.5 Å². The topological polar surface area (TPSA) is 88.6 Å². The van der Waals surface area contributed by atoms with Gasteiger partial charge in [0.25, 0.3) is 5.91 Å². The standard InChI is InChI=1S/C29H29ClN4O3/c1-2-3-6-17-36-24-13-9-21(10-14-24)19-31-34-29(35)28-18-27(32-33-28)22-11-15-25(16-12-22)37-20-23-7-4-5-8-26(23)30/h4-5,7-16,18-19H,2-3,6,17,20H2,1H3,(H,32,33)(H,34,35). The van der Waals surface area contributed by atoms with Gasteiger partial charge in [-0.3, -0.25) is 9.89 Å². The molecule has 0 aliphatic heterocycles. The van der Waals surface area contributed by atoms with Gasteiger partial charge in [-0.05, 0) is 72.6 Å². The monoisotopic (exact) mass is 516 g/mol. The first-order chi connectivity index (χ1) is 18.1. The van der Waals surface area contributed by atoms with Crippen molar-refractivity contribution in [2.24, 2.45) is 5.10 Å². The number of nitrogens with zero attached hydrogens (tertiary/aromatic N) is 2. The third-order valence-electron chi connectivity index (χ3n) is 5.60. The number of unbranched alkanes of at least 4 members (excludes halogenated alkanes) is 2. The van der Waals surface area contributed by atoms with Crippen LogP contribution in [0.4, 0.5) is 0 Å². The summed E-state index contributed by atoms with van der Waals surface area (Å²) in [5.41, 5.74) is 6.08. The molecule has 190 valence electrons. The van der Waals surface area contributed by atoms with E-state index in [0.717, 1.165) is 35.3 Å². The quantitative estimate of drug-likeness (QED) is 0.125. The highest BCUT2D eigenvalue weighted by Crippen LogP contribution is 2.23. The summed E-state index contributed by atoms with van der Waals surface area (Å²) >= 11 is 6.18. The third kappa shape index (κ3) is 7.69. The summed E-state index contributed by atoms with van der Waals surface area (Å²) in [6.07, 6.45) is 4.95. The molecule has 0 aliphatic rings. The summed E-state index contributed by atoms with van der Waals surface area (Å²) < 4.78 is 11.5. The number of ether oxygens (including phenoxy) is 2. The Hall–Kier alpha value is -4.10. The lowest BCUT2D eigenvalue weighted by atomic mass is 10.1. The van der Waals surface area contributed by atoms with Crippen LogP contribution >= 0.6 is 11.6 Å². The molecule has 1 heterocycles. The molecule has 2 N–H and O–H groups in total. The molecular weight excluding hydrogens is 488 g/mol. The highest BCUT2D eigenvalue weighted by Gasteiger charge is 2.11. The Morgan fingerprint density at radius 1 is 1.00 bits per heavy atom. The molecule has 0 radical (unpaired) electrons. The molecule has 0 fully saturated rings. The molecule has 37 heavy (non-hydrogen) atoms. The molecule has 0 spiro atoms. The minimum Gasteiger partial charge on any atom is -0.494 e. The first kappa shape index (κ1) is 26.0. The number of rotatable bonds is 12. The molecule has 8 heteroatoms. The number of halogens is 1. The highest BCUT2D eigenvalue weighted by molar-refractivity contribution is 6.31. The van der Waals surface area contributed by atoms with Gasteiger partial charge in [-0.15, -0.1) is 0 Å². The van der Waals surface area contributed by atoms with Crippen molar-refractivity contribution in [2.45, 2.75) is 32.8 Å². The number of H-pyrrole nitrogens is 1. The summed E-state index contributed by atoms with van der Waals surface area (Å²) in [6.45, 7) is 3.26. The number of hydrogen-bond donors (Lipinski definition) is 2. The SMILES string of the molecule is CCCCCOc1ccc(C=NNC(=O)c2cc(-c3ccc(OCc4ccccc4Cl)cc3)n[nH]2)cc1. The van der Waals surface area contributed by atoms with Crippen LogP contribution in [0, 0.1) is 0 Å². The fourth-order valence-corrected chi connectivity index (χ4v) is 3.69. The number of carbonyl (C=O) groups is 1. The Morgan fingerprint density at radius 3 is 2.49 bits per heavy atom. The molecule has 4 aromatic rings. The van der Waals surface area contributed by atoms with Crippen molar-refractivity contribution >= 4 is 23.7 Å². The average molecular weight is 517 g/mol. The lowest BCUT2D eigenvalue weighted by Gasteiger charge is -2.08. The van der Waals surface area contributed by atoms with E-state index in [-0.39, 0.29) is 5.91 Å². The minimum absolute atomic E-state index is 0.307. The predicted molar refractivity (Wildman–Crippen MR) is 146 cm³/mol. The van der Waals surface area contributed by atoms with Crippen molar-refractivity contribution < 1.29 is 14.3 Å². The van der Waals surface area contributed by atoms with E-state index in [0.29, 0.717) is 35.4 Å². The molecule has 1 amide bonds. The maximum Gasteiger partial charge on any atom is 0.289 e. The van der Waals surface area contributed by atoms with Crippen LogP contribution in [0.25, 0.3) is 11.3 Å². The van der Waals surface area contributed by atoms with Gasteiger partial charge in [0.1, 0.15) is 23.8 Å². The molecule has 0 unspecified atom stereocenters. The molecule has 3 aromatic carbocycles. The van der Waals surface area contributed by atoms with Gasteiger partial charge < -0.3 is 9.47 Å². The van der Waals surface area contributed by atoms with Crippen molar-refractivity contribution in [1.82, 2.24) is 15.6 Å². The van der Waals surface area contributed by atoms with E-state index >= 15 is 0 Å². The first-order valence-corrected chi connectivity index (χ1v) is 12.6. The maximum atomic E-state index is 12.5. The van der Waals surface area contributed by atoms with Crippen molar-refractivity contribution in [3.05, 3.63) is 101 Å². The Morgan fingerprint density at radius 2 is 1.73 bits per heavy atom. The summed E-state index contributed by atoms with van der Waals surface area (Å²) in [6, 6.07) is 24.3. The normalized spacial score (nSPS) is 11.0. The van der Waals surface area contributed by atoms with Gasteiger partial charge in [-0.25, -0.2) is 5.43 Å². The summed E-state index contributed by atoms with van der Waals surface area (Å²) in [5, 5.41) is 11.7. The third-order valence-corrected chi connectivity index (χ3v) is 5.97. The Bertz CT molecular complexity index is 1320. The van der Waals surface area contributed by atoms with Crippen molar-refractivity contribution in [3.63, 3.8) is 0 Å². The van der Waals surface area contributed by atoms with Crippen LogP contribution in [0.2, 0.25) is 5.02 Å². The van der Waals surface area contributed by atoms with E-state index in [1.807, 2.05) is 72.8 Å². The number of aromatic nitrogens is 2. The maximum absolute atomic E-state index is 12.5. The van der Waals surface area contributed by atoms with Crippen molar-refractivity contribution in [2.75, 3.05) is 6.61 Å². The van der Waals surface area contributed by atoms with Crippen LogP contribution in [0.1, 0.15) is 47.8 Å².